The van der Waals surface area contributed by atoms with E-state index in [0.29, 0.717) is 5.92 Å². The molecule has 2 unspecified atom stereocenters. The van der Waals surface area contributed by atoms with Gasteiger partial charge >= 0.3 is 0 Å². The molecule has 1 aliphatic heterocycles. The van der Waals surface area contributed by atoms with Crippen LogP contribution in [0.3, 0.4) is 0 Å². The lowest BCUT2D eigenvalue weighted by Crippen LogP contribution is -2.24. The minimum atomic E-state index is 0.0554. The Morgan fingerprint density at radius 1 is 1.28 bits per heavy atom. The molecule has 2 rings (SSSR count). The van der Waals surface area contributed by atoms with Crippen molar-refractivity contribution in [3.05, 3.63) is 23.3 Å². The summed E-state index contributed by atoms with van der Waals surface area (Å²) in [5.74, 6) is 2.01. The second kappa shape index (κ2) is 5.59. The molecule has 0 aliphatic carbocycles. The number of nitrogens with two attached hydrogens (primary N) is 1. The van der Waals surface area contributed by atoms with E-state index in [9.17, 15) is 0 Å². The summed E-state index contributed by atoms with van der Waals surface area (Å²) >= 11 is 0. The first kappa shape index (κ1) is 13.2. The van der Waals surface area contributed by atoms with Gasteiger partial charge in [0.2, 0.25) is 0 Å². The normalized spacial score (nSPS) is 20.8. The van der Waals surface area contributed by atoms with Crippen LogP contribution in [0.5, 0.6) is 11.5 Å². The Morgan fingerprint density at radius 2 is 1.94 bits per heavy atom. The van der Waals surface area contributed by atoms with Crippen LogP contribution in [0.4, 0.5) is 0 Å². The fraction of sp³-hybridized carbons (Fsp3) is 0.571. The van der Waals surface area contributed by atoms with E-state index in [1.807, 2.05) is 12.1 Å². The average Bonchev–Trinajstić information content (AvgIpc) is 2.91. The van der Waals surface area contributed by atoms with Gasteiger partial charge in [-0.1, -0.05) is 0 Å². The van der Waals surface area contributed by atoms with Crippen LogP contribution >= 0.6 is 0 Å². The smallest absolute Gasteiger partial charge is 0.161 e. The van der Waals surface area contributed by atoms with Crippen LogP contribution in [0, 0.1) is 12.8 Å². The van der Waals surface area contributed by atoms with Crippen LogP contribution in [-0.2, 0) is 0 Å². The summed E-state index contributed by atoms with van der Waals surface area (Å²) in [6.45, 7) is 4.12. The summed E-state index contributed by atoms with van der Waals surface area (Å²) in [6, 6.07) is 4.06. The predicted octanol–water partition coefficient (Wildman–Crippen LogP) is 1.62. The van der Waals surface area contributed by atoms with Crippen LogP contribution < -0.4 is 20.5 Å². The molecule has 1 aromatic carbocycles. The number of hydrogen-bond donors (Lipinski definition) is 2. The lowest BCUT2D eigenvalue weighted by atomic mass is 9.90. The molecule has 0 amide bonds. The maximum Gasteiger partial charge on any atom is 0.161 e. The molecular weight excluding hydrogens is 228 g/mol. The first-order valence-electron chi connectivity index (χ1n) is 6.36. The molecule has 0 saturated carbocycles. The molecular formula is C14H22N2O2. The van der Waals surface area contributed by atoms with Gasteiger partial charge in [-0.25, -0.2) is 0 Å². The molecule has 0 aromatic heterocycles. The third kappa shape index (κ3) is 2.44. The Morgan fingerprint density at radius 3 is 2.50 bits per heavy atom. The van der Waals surface area contributed by atoms with Gasteiger partial charge in [0.05, 0.1) is 14.2 Å². The summed E-state index contributed by atoms with van der Waals surface area (Å²) in [6.07, 6.45) is 1.13. The topological polar surface area (TPSA) is 56.5 Å². The van der Waals surface area contributed by atoms with Crippen molar-refractivity contribution in [2.24, 2.45) is 11.7 Å². The number of aryl methyl sites for hydroxylation is 1. The summed E-state index contributed by atoms with van der Waals surface area (Å²) in [5.41, 5.74) is 8.69. The van der Waals surface area contributed by atoms with Crippen LogP contribution in [0.15, 0.2) is 12.1 Å². The van der Waals surface area contributed by atoms with Crippen molar-refractivity contribution in [3.8, 4) is 11.5 Å². The lowest BCUT2D eigenvalue weighted by molar-refractivity contribution is 0.353. The zero-order valence-corrected chi connectivity index (χ0v) is 11.3. The molecule has 1 aromatic rings. The van der Waals surface area contributed by atoms with Gasteiger partial charge < -0.3 is 20.5 Å². The van der Waals surface area contributed by atoms with E-state index in [4.69, 9.17) is 15.2 Å². The molecule has 2 atom stereocenters. The van der Waals surface area contributed by atoms with Gasteiger partial charge in [0.1, 0.15) is 0 Å². The molecule has 100 valence electrons. The van der Waals surface area contributed by atoms with E-state index in [-0.39, 0.29) is 6.04 Å². The number of nitrogens with one attached hydrogen (secondary N) is 1. The highest BCUT2D eigenvalue weighted by Crippen LogP contribution is 2.35. The quantitative estimate of drug-likeness (QED) is 0.852. The highest BCUT2D eigenvalue weighted by molar-refractivity contribution is 5.48. The van der Waals surface area contributed by atoms with Crippen LogP contribution in [-0.4, -0.2) is 27.3 Å². The first-order valence-corrected chi connectivity index (χ1v) is 6.36. The lowest BCUT2D eigenvalue weighted by Gasteiger charge is -2.22. The summed E-state index contributed by atoms with van der Waals surface area (Å²) in [5, 5.41) is 3.36. The Hall–Kier alpha value is -1.26. The van der Waals surface area contributed by atoms with E-state index in [0.717, 1.165) is 42.1 Å². The third-order valence-electron chi connectivity index (χ3n) is 3.74. The summed E-state index contributed by atoms with van der Waals surface area (Å²) in [7, 11) is 3.30. The molecule has 1 saturated heterocycles. The molecule has 4 heteroatoms. The maximum atomic E-state index is 6.38. The molecule has 0 spiro atoms. The van der Waals surface area contributed by atoms with Crippen molar-refractivity contribution in [2.45, 2.75) is 19.4 Å². The zero-order chi connectivity index (χ0) is 13.1. The minimum absolute atomic E-state index is 0.0554. The Bertz CT molecular complexity index is 415. The fourth-order valence-corrected chi connectivity index (χ4v) is 2.59. The minimum Gasteiger partial charge on any atom is -0.493 e. The molecule has 1 aliphatic rings. The van der Waals surface area contributed by atoms with Gasteiger partial charge in [0, 0.05) is 6.04 Å². The number of ether oxygens (including phenoxy) is 2. The van der Waals surface area contributed by atoms with Crippen molar-refractivity contribution in [3.63, 3.8) is 0 Å². The van der Waals surface area contributed by atoms with E-state index in [2.05, 4.69) is 12.2 Å². The van der Waals surface area contributed by atoms with Gasteiger partial charge in [-0.3, -0.25) is 0 Å². The van der Waals surface area contributed by atoms with Crippen molar-refractivity contribution in [2.75, 3.05) is 27.3 Å². The largest absolute Gasteiger partial charge is 0.493 e. The number of methoxy groups -OCH3 is 2. The monoisotopic (exact) mass is 250 g/mol. The van der Waals surface area contributed by atoms with Crippen LogP contribution in [0.1, 0.15) is 23.6 Å². The molecule has 4 nitrogen and oxygen atoms in total. The molecule has 0 radical (unpaired) electrons. The zero-order valence-electron chi connectivity index (χ0n) is 11.3. The average molecular weight is 250 g/mol. The molecule has 0 bridgehead atoms. The van der Waals surface area contributed by atoms with Crippen molar-refractivity contribution < 1.29 is 9.47 Å². The van der Waals surface area contributed by atoms with E-state index in [1.165, 1.54) is 0 Å². The van der Waals surface area contributed by atoms with Crippen LogP contribution in [0.25, 0.3) is 0 Å². The molecule has 3 N–H and O–H groups in total. The standard InChI is InChI=1S/C14H22N2O2/c1-9-6-12(17-2)13(18-3)7-11(9)14(15)10-4-5-16-8-10/h6-7,10,14,16H,4-5,8,15H2,1-3H3. The van der Waals surface area contributed by atoms with Gasteiger partial charge in [0.25, 0.3) is 0 Å². The predicted molar refractivity (Wildman–Crippen MR) is 72.2 cm³/mol. The van der Waals surface area contributed by atoms with Crippen LogP contribution in [0.2, 0.25) is 0 Å². The third-order valence-corrected chi connectivity index (χ3v) is 3.74. The van der Waals surface area contributed by atoms with Gasteiger partial charge in [-0.2, -0.15) is 0 Å². The molecule has 1 fully saturated rings. The van der Waals surface area contributed by atoms with Crippen molar-refractivity contribution in [1.82, 2.24) is 5.32 Å². The van der Waals surface area contributed by atoms with Gasteiger partial charge in [0.15, 0.2) is 11.5 Å². The van der Waals surface area contributed by atoms with Crippen molar-refractivity contribution >= 4 is 0 Å². The summed E-state index contributed by atoms with van der Waals surface area (Å²) in [4.78, 5) is 0. The second-order valence-electron chi connectivity index (χ2n) is 4.84. The molecule has 1 heterocycles. The highest BCUT2D eigenvalue weighted by atomic mass is 16.5. The first-order chi connectivity index (χ1) is 8.67. The second-order valence-corrected chi connectivity index (χ2v) is 4.84. The van der Waals surface area contributed by atoms with Gasteiger partial charge in [-0.05, 0) is 55.6 Å². The number of hydrogen-bond acceptors (Lipinski definition) is 4. The number of benzene rings is 1. The number of rotatable bonds is 4. The Balaban J connectivity index is 2.31. The highest BCUT2D eigenvalue weighted by Gasteiger charge is 2.25. The van der Waals surface area contributed by atoms with E-state index >= 15 is 0 Å². The van der Waals surface area contributed by atoms with Crippen molar-refractivity contribution in [1.29, 1.82) is 0 Å². The SMILES string of the molecule is COc1cc(C)c(C(N)C2CCNC2)cc1OC. The van der Waals surface area contributed by atoms with E-state index in [1.54, 1.807) is 14.2 Å². The summed E-state index contributed by atoms with van der Waals surface area (Å²) < 4.78 is 10.6. The van der Waals surface area contributed by atoms with E-state index < -0.39 is 0 Å². The Kier molecular flexibility index (Phi) is 4.09. The Labute approximate surface area is 108 Å². The maximum absolute atomic E-state index is 6.38. The molecule has 18 heavy (non-hydrogen) atoms. The van der Waals surface area contributed by atoms with Gasteiger partial charge in [-0.15, -0.1) is 0 Å². The fourth-order valence-electron chi connectivity index (χ4n) is 2.59.